The van der Waals surface area contributed by atoms with Crippen molar-refractivity contribution in [1.29, 1.82) is 0 Å². The molecule has 1 saturated heterocycles. The summed E-state index contributed by atoms with van der Waals surface area (Å²) in [6, 6.07) is 6.48. The van der Waals surface area contributed by atoms with Crippen LogP contribution in [0.3, 0.4) is 0 Å². The maximum Gasteiger partial charge on any atom is 0.308 e. The minimum Gasteiger partial charge on any atom is -0.469 e. The number of piperidine rings is 1. The van der Waals surface area contributed by atoms with Crippen molar-refractivity contribution >= 4 is 22.8 Å². The summed E-state index contributed by atoms with van der Waals surface area (Å²) in [5, 5.41) is 1.17. The van der Waals surface area contributed by atoms with E-state index >= 15 is 0 Å². The van der Waals surface area contributed by atoms with Crippen LogP contribution in [0.1, 0.15) is 48.3 Å². The first-order chi connectivity index (χ1) is 12.5. The molecule has 0 saturated carbocycles. The summed E-state index contributed by atoms with van der Waals surface area (Å²) in [4.78, 5) is 26.9. The molecule has 5 nitrogen and oxygen atoms in total. The maximum absolute atomic E-state index is 13.3. The molecule has 0 spiro atoms. The van der Waals surface area contributed by atoms with Crippen molar-refractivity contribution in [3.05, 3.63) is 35.0 Å². The SMILES string of the molecule is CCc1ccc2c(c1)c(C)c(C(=O)N1CCC(C(=O)OC)CC1)n2CC. The van der Waals surface area contributed by atoms with Gasteiger partial charge in [0.05, 0.1) is 13.0 Å². The van der Waals surface area contributed by atoms with Crippen LogP contribution in [0.2, 0.25) is 0 Å². The van der Waals surface area contributed by atoms with Gasteiger partial charge in [0, 0.05) is 30.5 Å². The van der Waals surface area contributed by atoms with Crippen LogP contribution >= 0.6 is 0 Å². The fourth-order valence-corrected chi connectivity index (χ4v) is 4.03. The van der Waals surface area contributed by atoms with Crippen LogP contribution in [0.15, 0.2) is 18.2 Å². The number of aryl methyl sites for hydroxylation is 3. The minimum absolute atomic E-state index is 0.0712. The molecule has 5 heteroatoms. The van der Waals surface area contributed by atoms with E-state index in [1.807, 2.05) is 11.8 Å². The summed E-state index contributed by atoms with van der Waals surface area (Å²) < 4.78 is 6.96. The zero-order valence-corrected chi connectivity index (χ0v) is 16.2. The van der Waals surface area contributed by atoms with E-state index in [1.165, 1.54) is 18.1 Å². The highest BCUT2D eigenvalue weighted by Gasteiger charge is 2.30. The number of methoxy groups -OCH3 is 1. The highest BCUT2D eigenvalue weighted by molar-refractivity contribution is 6.02. The van der Waals surface area contributed by atoms with E-state index in [2.05, 4.69) is 36.6 Å². The Morgan fingerprint density at radius 3 is 2.46 bits per heavy atom. The number of fused-ring (bicyclic) bond motifs is 1. The molecule has 26 heavy (non-hydrogen) atoms. The molecular formula is C21H28N2O3. The van der Waals surface area contributed by atoms with Gasteiger partial charge in [-0.3, -0.25) is 9.59 Å². The zero-order chi connectivity index (χ0) is 18.8. The molecule has 1 aromatic heterocycles. The molecule has 0 radical (unpaired) electrons. The third-order valence-corrected chi connectivity index (χ3v) is 5.62. The largest absolute Gasteiger partial charge is 0.469 e. The number of amides is 1. The highest BCUT2D eigenvalue weighted by atomic mass is 16.5. The van der Waals surface area contributed by atoms with Crippen molar-refractivity contribution in [2.75, 3.05) is 20.2 Å². The molecule has 1 aliphatic rings. The fourth-order valence-electron chi connectivity index (χ4n) is 4.03. The molecule has 0 unspecified atom stereocenters. The monoisotopic (exact) mass is 356 g/mol. The second-order valence-corrected chi connectivity index (χ2v) is 7.01. The van der Waals surface area contributed by atoms with Crippen LogP contribution in [0.5, 0.6) is 0 Å². The molecule has 0 aliphatic carbocycles. The molecule has 1 aromatic carbocycles. The molecule has 0 atom stereocenters. The van der Waals surface area contributed by atoms with Gasteiger partial charge in [-0.2, -0.15) is 0 Å². The van der Waals surface area contributed by atoms with E-state index in [0.29, 0.717) is 25.9 Å². The number of nitrogens with zero attached hydrogens (tertiary/aromatic N) is 2. The Morgan fingerprint density at radius 1 is 1.19 bits per heavy atom. The van der Waals surface area contributed by atoms with Crippen LogP contribution in [0, 0.1) is 12.8 Å². The molecule has 2 heterocycles. The Kier molecular flexibility index (Phi) is 5.35. The van der Waals surface area contributed by atoms with E-state index in [1.54, 1.807) is 0 Å². The van der Waals surface area contributed by atoms with Gasteiger partial charge < -0.3 is 14.2 Å². The van der Waals surface area contributed by atoms with Crippen molar-refractivity contribution in [3.8, 4) is 0 Å². The Balaban J connectivity index is 1.91. The summed E-state index contributed by atoms with van der Waals surface area (Å²) in [7, 11) is 1.42. The minimum atomic E-state index is -0.164. The number of likely N-dealkylation sites (tertiary alicyclic amines) is 1. The first kappa shape index (κ1) is 18.5. The fraction of sp³-hybridized carbons (Fsp3) is 0.524. The summed E-state index contributed by atoms with van der Waals surface area (Å²) in [6.07, 6.45) is 2.32. The first-order valence-electron chi connectivity index (χ1n) is 9.50. The molecule has 3 rings (SSSR count). The lowest BCUT2D eigenvalue weighted by Crippen LogP contribution is -2.41. The van der Waals surface area contributed by atoms with Gasteiger partial charge in [-0.1, -0.05) is 13.0 Å². The Hall–Kier alpha value is -2.30. The predicted octanol–water partition coefficient (Wildman–Crippen LogP) is 3.56. The number of hydrogen-bond donors (Lipinski definition) is 0. The number of hydrogen-bond acceptors (Lipinski definition) is 3. The van der Waals surface area contributed by atoms with Crippen molar-refractivity contribution in [2.24, 2.45) is 5.92 Å². The lowest BCUT2D eigenvalue weighted by molar-refractivity contribution is -0.146. The standard InChI is InChI=1S/C21H28N2O3/c1-5-15-7-8-18-17(13-15)14(3)19(23(18)6-2)20(24)22-11-9-16(10-12-22)21(25)26-4/h7-8,13,16H,5-6,9-12H2,1-4H3. The second kappa shape index (κ2) is 7.52. The third-order valence-electron chi connectivity index (χ3n) is 5.62. The summed E-state index contributed by atoms with van der Waals surface area (Å²) >= 11 is 0. The first-order valence-corrected chi connectivity index (χ1v) is 9.50. The van der Waals surface area contributed by atoms with E-state index in [0.717, 1.165) is 29.7 Å². The van der Waals surface area contributed by atoms with Crippen LogP contribution in [0.4, 0.5) is 0 Å². The van der Waals surface area contributed by atoms with Gasteiger partial charge in [-0.05, 0) is 56.4 Å². The molecule has 0 N–H and O–H groups in total. The van der Waals surface area contributed by atoms with Gasteiger partial charge >= 0.3 is 5.97 Å². The van der Waals surface area contributed by atoms with Crippen LogP contribution in [-0.2, 0) is 22.5 Å². The normalized spacial score (nSPS) is 15.5. The average Bonchev–Trinajstić information content (AvgIpc) is 2.98. The smallest absolute Gasteiger partial charge is 0.308 e. The summed E-state index contributed by atoms with van der Waals surface area (Å²) in [5.74, 6) is -0.181. The zero-order valence-electron chi connectivity index (χ0n) is 16.2. The van der Waals surface area contributed by atoms with Gasteiger partial charge in [0.1, 0.15) is 5.69 Å². The average molecular weight is 356 g/mol. The number of carbonyl (C=O) groups excluding carboxylic acids is 2. The Bertz CT molecular complexity index is 829. The number of esters is 1. The van der Waals surface area contributed by atoms with E-state index < -0.39 is 0 Å². The number of benzene rings is 1. The van der Waals surface area contributed by atoms with E-state index in [4.69, 9.17) is 4.74 Å². The van der Waals surface area contributed by atoms with Crippen molar-refractivity contribution < 1.29 is 14.3 Å². The van der Waals surface area contributed by atoms with Crippen molar-refractivity contribution in [3.63, 3.8) is 0 Å². The van der Waals surface area contributed by atoms with Gasteiger partial charge in [0.25, 0.3) is 5.91 Å². The van der Waals surface area contributed by atoms with Crippen LogP contribution < -0.4 is 0 Å². The van der Waals surface area contributed by atoms with Crippen molar-refractivity contribution in [1.82, 2.24) is 9.47 Å². The van der Waals surface area contributed by atoms with Crippen LogP contribution in [-0.4, -0.2) is 41.5 Å². The number of carbonyl (C=O) groups is 2. The Labute approximate surface area is 154 Å². The molecule has 1 fully saturated rings. The predicted molar refractivity (Wildman–Crippen MR) is 102 cm³/mol. The third kappa shape index (κ3) is 3.11. The van der Waals surface area contributed by atoms with E-state index in [-0.39, 0.29) is 17.8 Å². The van der Waals surface area contributed by atoms with Gasteiger partial charge in [-0.15, -0.1) is 0 Å². The van der Waals surface area contributed by atoms with Crippen molar-refractivity contribution in [2.45, 2.75) is 46.6 Å². The lowest BCUT2D eigenvalue weighted by Gasteiger charge is -2.31. The van der Waals surface area contributed by atoms with Gasteiger partial charge in [-0.25, -0.2) is 0 Å². The van der Waals surface area contributed by atoms with Gasteiger partial charge in [0.15, 0.2) is 0 Å². The number of ether oxygens (including phenoxy) is 1. The quantitative estimate of drug-likeness (QED) is 0.787. The van der Waals surface area contributed by atoms with Crippen LogP contribution in [0.25, 0.3) is 10.9 Å². The molecular weight excluding hydrogens is 328 g/mol. The summed E-state index contributed by atoms with van der Waals surface area (Å²) in [6.45, 7) is 8.22. The molecule has 0 bridgehead atoms. The molecule has 1 amide bonds. The summed E-state index contributed by atoms with van der Waals surface area (Å²) in [5.41, 5.74) is 4.24. The van der Waals surface area contributed by atoms with Gasteiger partial charge in [0.2, 0.25) is 0 Å². The lowest BCUT2D eigenvalue weighted by atomic mass is 9.96. The Morgan fingerprint density at radius 2 is 1.88 bits per heavy atom. The number of aromatic nitrogens is 1. The van der Waals surface area contributed by atoms with E-state index in [9.17, 15) is 9.59 Å². The molecule has 1 aliphatic heterocycles. The maximum atomic E-state index is 13.3. The number of rotatable bonds is 4. The molecule has 2 aromatic rings. The molecule has 140 valence electrons. The highest BCUT2D eigenvalue weighted by Crippen LogP contribution is 2.29. The topological polar surface area (TPSA) is 51.5 Å². The second-order valence-electron chi connectivity index (χ2n) is 7.01.